The SMILES string of the molecule is CC1(C)CC(OS(C)(=O)=O)CC(C)(C)N1. The summed E-state index contributed by atoms with van der Waals surface area (Å²) in [6, 6.07) is 0. The fraction of sp³-hybridized carbons (Fsp3) is 1.00. The molecule has 0 unspecified atom stereocenters. The average Bonchev–Trinajstić information content (AvgIpc) is 1.70. The lowest BCUT2D eigenvalue weighted by molar-refractivity contribution is 0.0611. The highest BCUT2D eigenvalue weighted by molar-refractivity contribution is 7.86. The van der Waals surface area contributed by atoms with Crippen molar-refractivity contribution in [3.05, 3.63) is 0 Å². The summed E-state index contributed by atoms with van der Waals surface area (Å²) in [5.74, 6) is 0. The van der Waals surface area contributed by atoms with Gasteiger partial charge in [-0.05, 0) is 40.5 Å². The van der Waals surface area contributed by atoms with Crippen LogP contribution in [0.15, 0.2) is 0 Å². The first-order valence-electron chi connectivity index (χ1n) is 5.17. The minimum Gasteiger partial charge on any atom is -0.307 e. The van der Waals surface area contributed by atoms with Crippen LogP contribution in [0.1, 0.15) is 40.5 Å². The summed E-state index contributed by atoms with van der Waals surface area (Å²) in [6.45, 7) is 8.25. The number of nitrogens with one attached hydrogen (secondary N) is 1. The van der Waals surface area contributed by atoms with Gasteiger partial charge in [-0.1, -0.05) is 0 Å². The molecule has 1 N–H and O–H groups in total. The predicted molar refractivity (Wildman–Crippen MR) is 60.2 cm³/mol. The van der Waals surface area contributed by atoms with Crippen LogP contribution in [0.25, 0.3) is 0 Å². The summed E-state index contributed by atoms with van der Waals surface area (Å²) in [4.78, 5) is 0. The highest BCUT2D eigenvalue weighted by atomic mass is 32.2. The highest BCUT2D eigenvalue weighted by Gasteiger charge is 2.39. The fourth-order valence-corrected chi connectivity index (χ4v) is 3.17. The van der Waals surface area contributed by atoms with Gasteiger partial charge in [0.05, 0.1) is 12.4 Å². The Balaban J connectivity index is 2.76. The molecule has 0 bridgehead atoms. The second kappa shape index (κ2) is 3.71. The summed E-state index contributed by atoms with van der Waals surface area (Å²) in [7, 11) is -3.35. The van der Waals surface area contributed by atoms with Crippen LogP contribution in [0, 0.1) is 0 Å². The van der Waals surface area contributed by atoms with Crippen molar-refractivity contribution in [1.29, 1.82) is 0 Å². The van der Waals surface area contributed by atoms with E-state index in [1.54, 1.807) is 0 Å². The van der Waals surface area contributed by atoms with Gasteiger partial charge < -0.3 is 5.32 Å². The Bertz CT molecular complexity index is 317. The molecule has 1 saturated heterocycles. The van der Waals surface area contributed by atoms with Gasteiger partial charge >= 0.3 is 0 Å². The maximum atomic E-state index is 11.1. The van der Waals surface area contributed by atoms with E-state index >= 15 is 0 Å². The van der Waals surface area contributed by atoms with E-state index in [-0.39, 0.29) is 17.2 Å². The molecule has 0 amide bonds. The number of rotatable bonds is 2. The minimum absolute atomic E-state index is 0.0862. The highest BCUT2D eigenvalue weighted by Crippen LogP contribution is 2.30. The molecule has 0 saturated carbocycles. The van der Waals surface area contributed by atoms with Gasteiger partial charge in [-0.15, -0.1) is 0 Å². The first-order chi connectivity index (χ1) is 6.49. The smallest absolute Gasteiger partial charge is 0.264 e. The normalized spacial score (nSPS) is 26.5. The van der Waals surface area contributed by atoms with Crippen LogP contribution in [0.4, 0.5) is 0 Å². The van der Waals surface area contributed by atoms with Gasteiger partial charge in [0.15, 0.2) is 0 Å². The maximum absolute atomic E-state index is 11.1. The zero-order valence-electron chi connectivity index (χ0n) is 10.1. The van der Waals surface area contributed by atoms with Crippen molar-refractivity contribution in [3.63, 3.8) is 0 Å². The zero-order valence-corrected chi connectivity index (χ0v) is 10.9. The van der Waals surface area contributed by atoms with Crippen LogP contribution in [-0.2, 0) is 14.3 Å². The Morgan fingerprint density at radius 1 is 1.13 bits per heavy atom. The van der Waals surface area contributed by atoms with Gasteiger partial charge in [0, 0.05) is 11.1 Å². The van der Waals surface area contributed by atoms with E-state index in [2.05, 4.69) is 33.0 Å². The Kier molecular flexibility index (Phi) is 3.20. The van der Waals surface area contributed by atoms with Crippen LogP contribution in [0.3, 0.4) is 0 Å². The van der Waals surface area contributed by atoms with Crippen LogP contribution < -0.4 is 5.32 Å². The Morgan fingerprint density at radius 3 is 1.87 bits per heavy atom. The number of hydrogen-bond acceptors (Lipinski definition) is 4. The van der Waals surface area contributed by atoms with E-state index in [9.17, 15) is 8.42 Å². The molecule has 0 aromatic carbocycles. The zero-order chi connectivity index (χ0) is 11.9. The molecule has 0 aliphatic carbocycles. The second-order valence-corrected chi connectivity index (χ2v) is 7.32. The van der Waals surface area contributed by atoms with Crippen molar-refractivity contribution in [2.45, 2.75) is 57.7 Å². The Morgan fingerprint density at radius 2 is 1.53 bits per heavy atom. The van der Waals surface area contributed by atoms with Gasteiger partial charge in [0.1, 0.15) is 0 Å². The quantitative estimate of drug-likeness (QED) is 0.732. The van der Waals surface area contributed by atoms with Crippen molar-refractivity contribution in [2.24, 2.45) is 0 Å². The van der Waals surface area contributed by atoms with Crippen LogP contribution in [0.5, 0.6) is 0 Å². The second-order valence-electron chi connectivity index (χ2n) is 5.72. The molecule has 90 valence electrons. The monoisotopic (exact) mass is 235 g/mol. The lowest BCUT2D eigenvalue weighted by Gasteiger charge is -2.45. The number of hydrogen-bond donors (Lipinski definition) is 1. The molecule has 15 heavy (non-hydrogen) atoms. The van der Waals surface area contributed by atoms with Crippen molar-refractivity contribution in [2.75, 3.05) is 6.26 Å². The van der Waals surface area contributed by atoms with Gasteiger partial charge in [-0.25, -0.2) is 0 Å². The van der Waals surface area contributed by atoms with E-state index in [1.165, 1.54) is 0 Å². The first-order valence-corrected chi connectivity index (χ1v) is 6.98. The maximum Gasteiger partial charge on any atom is 0.264 e. The van der Waals surface area contributed by atoms with Crippen LogP contribution in [0.2, 0.25) is 0 Å². The molecule has 0 spiro atoms. The van der Waals surface area contributed by atoms with Gasteiger partial charge in [-0.3, -0.25) is 4.18 Å². The minimum atomic E-state index is -3.35. The van der Waals surface area contributed by atoms with Crippen molar-refractivity contribution < 1.29 is 12.6 Å². The topological polar surface area (TPSA) is 55.4 Å². The van der Waals surface area contributed by atoms with Crippen molar-refractivity contribution in [1.82, 2.24) is 5.32 Å². The summed E-state index contributed by atoms with van der Waals surface area (Å²) < 4.78 is 27.2. The summed E-state index contributed by atoms with van der Waals surface area (Å²) in [5, 5.41) is 3.47. The molecular weight excluding hydrogens is 214 g/mol. The average molecular weight is 235 g/mol. The molecule has 1 fully saturated rings. The molecule has 1 heterocycles. The van der Waals surface area contributed by atoms with E-state index in [0.717, 1.165) is 6.26 Å². The van der Waals surface area contributed by atoms with E-state index < -0.39 is 10.1 Å². The van der Waals surface area contributed by atoms with Crippen molar-refractivity contribution in [3.8, 4) is 0 Å². The van der Waals surface area contributed by atoms with Crippen LogP contribution >= 0.6 is 0 Å². The van der Waals surface area contributed by atoms with Gasteiger partial charge in [0.2, 0.25) is 0 Å². The number of piperidine rings is 1. The van der Waals surface area contributed by atoms with E-state index in [4.69, 9.17) is 4.18 Å². The molecule has 1 rings (SSSR count). The molecule has 0 atom stereocenters. The van der Waals surface area contributed by atoms with Crippen LogP contribution in [-0.4, -0.2) is 31.9 Å². The van der Waals surface area contributed by atoms with E-state index in [0.29, 0.717) is 12.8 Å². The molecule has 5 heteroatoms. The standard InChI is InChI=1S/C10H21NO3S/c1-9(2)6-8(14-15(5,12)13)7-10(3,4)11-9/h8,11H,6-7H2,1-5H3. The summed E-state index contributed by atoms with van der Waals surface area (Å²) in [5.41, 5.74) is -0.172. The Hall–Kier alpha value is -0.130. The fourth-order valence-electron chi connectivity index (χ4n) is 2.54. The van der Waals surface area contributed by atoms with E-state index in [1.807, 2.05) is 0 Å². The molecular formula is C10H21NO3S. The molecule has 1 aliphatic rings. The largest absolute Gasteiger partial charge is 0.307 e. The molecule has 1 aliphatic heterocycles. The Labute approximate surface area is 92.5 Å². The van der Waals surface area contributed by atoms with Gasteiger partial charge in [-0.2, -0.15) is 8.42 Å². The third-order valence-electron chi connectivity index (χ3n) is 2.46. The summed E-state index contributed by atoms with van der Waals surface area (Å²) in [6.07, 6.45) is 2.31. The lowest BCUT2D eigenvalue weighted by Crippen LogP contribution is -2.59. The third-order valence-corrected chi connectivity index (χ3v) is 3.09. The lowest BCUT2D eigenvalue weighted by atomic mass is 9.81. The summed E-state index contributed by atoms with van der Waals surface area (Å²) >= 11 is 0. The molecule has 4 nitrogen and oxygen atoms in total. The van der Waals surface area contributed by atoms with Crippen molar-refractivity contribution >= 4 is 10.1 Å². The molecule has 0 aromatic rings. The third kappa shape index (κ3) is 4.49. The predicted octanol–water partition coefficient (Wildman–Crippen LogP) is 1.27. The first kappa shape index (κ1) is 12.9. The van der Waals surface area contributed by atoms with Gasteiger partial charge in [0.25, 0.3) is 10.1 Å². The molecule has 0 aromatic heterocycles. The molecule has 0 radical (unpaired) electrons.